The molecule has 1 aromatic rings. The van der Waals surface area contributed by atoms with Crippen molar-refractivity contribution in [3.05, 3.63) is 29.3 Å². The molecule has 2 nitrogen and oxygen atoms in total. The van der Waals surface area contributed by atoms with Crippen LogP contribution in [0.2, 0.25) is 0 Å². The number of aliphatic hydroxyl groups excluding tert-OH is 1. The fourth-order valence-electron chi connectivity index (χ4n) is 1.87. The molecule has 0 radical (unpaired) electrons. The van der Waals surface area contributed by atoms with Gasteiger partial charge in [-0.15, -0.1) is 0 Å². The van der Waals surface area contributed by atoms with E-state index < -0.39 is 0 Å². The van der Waals surface area contributed by atoms with Crippen molar-refractivity contribution in [2.45, 2.75) is 40.0 Å². The number of aliphatic hydroxyl groups is 1. The van der Waals surface area contributed by atoms with Gasteiger partial charge in [0.15, 0.2) is 0 Å². The highest BCUT2D eigenvalue weighted by molar-refractivity contribution is 5.39. The summed E-state index contributed by atoms with van der Waals surface area (Å²) in [4.78, 5) is 0. The van der Waals surface area contributed by atoms with Gasteiger partial charge in [0.25, 0.3) is 0 Å². The molecule has 1 rings (SSSR count). The third kappa shape index (κ3) is 3.74. The Morgan fingerprint density at radius 1 is 1.29 bits per heavy atom. The summed E-state index contributed by atoms with van der Waals surface area (Å²) >= 11 is 0. The summed E-state index contributed by atoms with van der Waals surface area (Å²) in [5.74, 6) is 1.42. The van der Waals surface area contributed by atoms with E-state index in [9.17, 15) is 5.11 Å². The molecular weight excluding hydrogens is 212 g/mol. The molecule has 0 saturated heterocycles. The Kier molecular flexibility index (Phi) is 4.58. The summed E-state index contributed by atoms with van der Waals surface area (Å²) in [6.45, 7) is 8.68. The van der Waals surface area contributed by atoms with Gasteiger partial charge in [0.2, 0.25) is 0 Å². The summed E-state index contributed by atoms with van der Waals surface area (Å²) in [5, 5.41) is 9.36. The molecule has 0 atom stereocenters. The van der Waals surface area contributed by atoms with E-state index in [0.717, 1.165) is 12.2 Å². The van der Waals surface area contributed by atoms with Gasteiger partial charge >= 0.3 is 0 Å². The van der Waals surface area contributed by atoms with E-state index in [1.165, 1.54) is 11.1 Å². The molecule has 96 valence electrons. The number of ether oxygens (including phenoxy) is 1. The van der Waals surface area contributed by atoms with Crippen LogP contribution in [0, 0.1) is 5.41 Å². The fourth-order valence-corrected chi connectivity index (χ4v) is 1.87. The Balaban J connectivity index is 3.06. The van der Waals surface area contributed by atoms with Gasteiger partial charge in [0.1, 0.15) is 5.75 Å². The second kappa shape index (κ2) is 5.54. The van der Waals surface area contributed by atoms with Gasteiger partial charge in [-0.2, -0.15) is 0 Å². The molecule has 1 aromatic carbocycles. The highest BCUT2D eigenvalue weighted by Crippen LogP contribution is 2.30. The molecule has 0 aliphatic rings. The van der Waals surface area contributed by atoms with Crippen LogP contribution in [0.4, 0.5) is 0 Å². The minimum absolute atomic E-state index is 0.108. The van der Waals surface area contributed by atoms with E-state index in [4.69, 9.17) is 4.74 Å². The van der Waals surface area contributed by atoms with Gasteiger partial charge in [-0.05, 0) is 34.9 Å². The summed E-state index contributed by atoms with van der Waals surface area (Å²) in [7, 11) is 1.69. The van der Waals surface area contributed by atoms with Crippen LogP contribution in [-0.4, -0.2) is 18.8 Å². The number of methoxy groups -OCH3 is 1. The topological polar surface area (TPSA) is 29.5 Å². The number of hydrogen-bond donors (Lipinski definition) is 1. The van der Waals surface area contributed by atoms with Crippen LogP contribution in [0.15, 0.2) is 18.2 Å². The molecule has 0 unspecified atom stereocenters. The lowest BCUT2D eigenvalue weighted by molar-refractivity contribution is 0.159. The lowest BCUT2D eigenvalue weighted by atomic mass is 9.85. The van der Waals surface area contributed by atoms with Gasteiger partial charge in [0, 0.05) is 6.61 Å². The van der Waals surface area contributed by atoms with Crippen molar-refractivity contribution in [1.82, 2.24) is 0 Å². The first-order valence-corrected chi connectivity index (χ1v) is 6.17. The maximum absolute atomic E-state index is 9.36. The molecule has 17 heavy (non-hydrogen) atoms. The Hall–Kier alpha value is -1.02. The first-order chi connectivity index (χ1) is 7.89. The molecule has 0 amide bonds. The van der Waals surface area contributed by atoms with Crippen LogP contribution in [0.5, 0.6) is 5.75 Å². The zero-order valence-corrected chi connectivity index (χ0v) is 11.6. The normalized spacial score (nSPS) is 11.9. The molecular formula is C15H24O2. The largest absolute Gasteiger partial charge is 0.496 e. The van der Waals surface area contributed by atoms with Crippen LogP contribution in [0.25, 0.3) is 0 Å². The quantitative estimate of drug-likeness (QED) is 0.849. The summed E-state index contributed by atoms with van der Waals surface area (Å²) in [6, 6.07) is 6.33. The van der Waals surface area contributed by atoms with Crippen molar-refractivity contribution in [1.29, 1.82) is 0 Å². The zero-order chi connectivity index (χ0) is 13.1. The number of benzene rings is 1. The van der Waals surface area contributed by atoms with Crippen LogP contribution < -0.4 is 4.74 Å². The van der Waals surface area contributed by atoms with Gasteiger partial charge in [0.05, 0.1) is 7.11 Å². The smallest absolute Gasteiger partial charge is 0.122 e. The molecule has 0 heterocycles. The average molecular weight is 236 g/mol. The minimum atomic E-state index is -0.108. The average Bonchev–Trinajstić information content (AvgIpc) is 2.28. The summed E-state index contributed by atoms with van der Waals surface area (Å²) < 4.78 is 5.39. The van der Waals surface area contributed by atoms with E-state index >= 15 is 0 Å². The Morgan fingerprint density at radius 3 is 2.41 bits per heavy atom. The van der Waals surface area contributed by atoms with Crippen molar-refractivity contribution in [2.24, 2.45) is 5.41 Å². The number of rotatable bonds is 5. The predicted octanol–water partition coefficient (Wildman–Crippen LogP) is 3.38. The Morgan fingerprint density at radius 2 is 1.94 bits per heavy atom. The highest BCUT2D eigenvalue weighted by atomic mass is 16.5. The van der Waals surface area contributed by atoms with E-state index in [1.54, 1.807) is 7.11 Å². The van der Waals surface area contributed by atoms with E-state index in [0.29, 0.717) is 5.92 Å². The minimum Gasteiger partial charge on any atom is -0.496 e. The number of hydrogen-bond acceptors (Lipinski definition) is 2. The molecule has 0 aliphatic carbocycles. The Bertz CT molecular complexity index is 367. The van der Waals surface area contributed by atoms with E-state index in [2.05, 4.69) is 39.8 Å². The van der Waals surface area contributed by atoms with E-state index in [1.807, 2.05) is 6.07 Å². The van der Waals surface area contributed by atoms with Crippen molar-refractivity contribution >= 4 is 0 Å². The predicted molar refractivity (Wildman–Crippen MR) is 71.7 cm³/mol. The van der Waals surface area contributed by atoms with Gasteiger partial charge < -0.3 is 9.84 Å². The first kappa shape index (κ1) is 14.0. The van der Waals surface area contributed by atoms with Crippen molar-refractivity contribution in [3.8, 4) is 5.75 Å². The van der Waals surface area contributed by atoms with Crippen LogP contribution >= 0.6 is 0 Å². The summed E-state index contributed by atoms with van der Waals surface area (Å²) in [6.07, 6.45) is 0.827. The maximum Gasteiger partial charge on any atom is 0.122 e. The van der Waals surface area contributed by atoms with Crippen molar-refractivity contribution < 1.29 is 9.84 Å². The van der Waals surface area contributed by atoms with Crippen LogP contribution in [0.1, 0.15) is 44.7 Å². The second-order valence-electron chi connectivity index (χ2n) is 5.73. The fraction of sp³-hybridized carbons (Fsp3) is 0.600. The molecule has 0 bridgehead atoms. The monoisotopic (exact) mass is 236 g/mol. The summed E-state index contributed by atoms with van der Waals surface area (Å²) in [5.41, 5.74) is 2.38. The van der Waals surface area contributed by atoms with E-state index in [-0.39, 0.29) is 12.0 Å². The molecule has 0 aromatic heterocycles. The molecule has 1 N–H and O–H groups in total. The molecule has 2 heteroatoms. The van der Waals surface area contributed by atoms with Gasteiger partial charge in [-0.1, -0.05) is 39.8 Å². The SMILES string of the molecule is COc1ccc(C(C)C)cc1CC(C)(C)CO. The lowest BCUT2D eigenvalue weighted by Crippen LogP contribution is -2.20. The first-order valence-electron chi connectivity index (χ1n) is 6.17. The molecule has 0 fully saturated rings. The van der Waals surface area contributed by atoms with Gasteiger partial charge in [-0.3, -0.25) is 0 Å². The third-order valence-electron chi connectivity index (χ3n) is 3.07. The molecule has 0 aliphatic heterocycles. The van der Waals surface area contributed by atoms with Gasteiger partial charge in [-0.25, -0.2) is 0 Å². The lowest BCUT2D eigenvalue weighted by Gasteiger charge is -2.23. The highest BCUT2D eigenvalue weighted by Gasteiger charge is 2.20. The maximum atomic E-state index is 9.36. The zero-order valence-electron chi connectivity index (χ0n) is 11.6. The molecule has 0 saturated carbocycles. The third-order valence-corrected chi connectivity index (χ3v) is 3.07. The molecule has 0 spiro atoms. The van der Waals surface area contributed by atoms with Crippen LogP contribution in [0.3, 0.4) is 0 Å². The Labute approximate surface area is 105 Å². The van der Waals surface area contributed by atoms with Crippen molar-refractivity contribution in [2.75, 3.05) is 13.7 Å². The standard InChI is InChI=1S/C15H24O2/c1-11(2)12-6-7-14(17-5)13(8-12)9-15(3,4)10-16/h6-8,11,16H,9-10H2,1-5H3. The second-order valence-corrected chi connectivity index (χ2v) is 5.73. The van der Waals surface area contributed by atoms with Crippen molar-refractivity contribution in [3.63, 3.8) is 0 Å². The van der Waals surface area contributed by atoms with Crippen LogP contribution in [-0.2, 0) is 6.42 Å².